The van der Waals surface area contributed by atoms with E-state index in [9.17, 15) is 18.3 Å². The Hall–Kier alpha value is -1.73. The van der Waals surface area contributed by atoms with Crippen LogP contribution < -0.4 is 0 Å². The molecule has 0 aliphatic carbocycles. The molecule has 0 fully saturated rings. The van der Waals surface area contributed by atoms with Crippen molar-refractivity contribution >= 4 is 0 Å². The van der Waals surface area contributed by atoms with E-state index in [0.717, 1.165) is 0 Å². The third kappa shape index (κ3) is 6.12. The van der Waals surface area contributed by atoms with Crippen molar-refractivity contribution < 1.29 is 18.3 Å². The van der Waals surface area contributed by atoms with Gasteiger partial charge in [-0.1, -0.05) is 43.4 Å². The lowest BCUT2D eigenvalue weighted by Crippen LogP contribution is -2.13. The molecule has 0 spiro atoms. The first kappa shape index (κ1) is 15.3. The maximum absolute atomic E-state index is 12.4. The fraction of sp³-hybridized carbons (Fsp3) is 0.333. The standard InChI is InChI=1S/C15H15F3O/c1-2-6-14(19)13(11-15(16,17)18)10-9-12-7-4-3-5-8-12/h3-5,7-8,11,14,19H,2,6H2,1H3/b13-11+. The van der Waals surface area contributed by atoms with Gasteiger partial charge in [0.25, 0.3) is 0 Å². The summed E-state index contributed by atoms with van der Waals surface area (Å²) in [7, 11) is 0. The number of halogens is 3. The highest BCUT2D eigenvalue weighted by Crippen LogP contribution is 2.21. The average molecular weight is 268 g/mol. The summed E-state index contributed by atoms with van der Waals surface area (Å²) in [6, 6.07) is 8.69. The SMILES string of the molecule is CCCC(O)/C(C#Cc1ccccc1)=C/C(F)(F)F. The molecule has 0 saturated heterocycles. The van der Waals surface area contributed by atoms with Crippen molar-refractivity contribution in [3.8, 4) is 11.8 Å². The van der Waals surface area contributed by atoms with Gasteiger partial charge in [-0.05, 0) is 18.6 Å². The molecule has 102 valence electrons. The summed E-state index contributed by atoms with van der Waals surface area (Å²) in [6.07, 6.45) is -4.74. The molecular weight excluding hydrogens is 253 g/mol. The van der Waals surface area contributed by atoms with Crippen LogP contribution in [0.1, 0.15) is 25.3 Å². The third-order valence-electron chi connectivity index (χ3n) is 2.37. The third-order valence-corrected chi connectivity index (χ3v) is 2.37. The Morgan fingerprint density at radius 2 is 1.95 bits per heavy atom. The summed E-state index contributed by atoms with van der Waals surface area (Å²) >= 11 is 0. The molecule has 4 heteroatoms. The molecule has 1 nitrogen and oxygen atoms in total. The van der Waals surface area contributed by atoms with Gasteiger partial charge in [-0.3, -0.25) is 0 Å². The van der Waals surface area contributed by atoms with Crippen LogP contribution in [-0.4, -0.2) is 17.4 Å². The van der Waals surface area contributed by atoms with Gasteiger partial charge in [0.15, 0.2) is 0 Å². The second-order valence-electron chi connectivity index (χ2n) is 4.06. The van der Waals surface area contributed by atoms with E-state index in [1.54, 1.807) is 37.3 Å². The first-order valence-corrected chi connectivity index (χ1v) is 5.97. The zero-order chi connectivity index (χ0) is 14.3. The van der Waals surface area contributed by atoms with Crippen LogP contribution in [-0.2, 0) is 0 Å². The summed E-state index contributed by atoms with van der Waals surface area (Å²) in [5.74, 6) is 5.05. The average Bonchev–Trinajstić information content (AvgIpc) is 2.34. The van der Waals surface area contributed by atoms with E-state index in [4.69, 9.17) is 0 Å². The zero-order valence-electron chi connectivity index (χ0n) is 10.5. The molecule has 1 unspecified atom stereocenters. The van der Waals surface area contributed by atoms with E-state index in [-0.39, 0.29) is 18.1 Å². The molecule has 1 rings (SSSR count). The summed E-state index contributed by atoms with van der Waals surface area (Å²) in [6.45, 7) is 1.79. The van der Waals surface area contributed by atoms with Crippen LogP contribution in [0, 0.1) is 11.8 Å². The number of hydrogen-bond donors (Lipinski definition) is 1. The molecule has 1 aromatic carbocycles. The van der Waals surface area contributed by atoms with Crippen LogP contribution in [0.2, 0.25) is 0 Å². The second kappa shape index (κ2) is 7.01. The van der Waals surface area contributed by atoms with Crippen LogP contribution in [0.25, 0.3) is 0 Å². The Morgan fingerprint density at radius 3 is 2.47 bits per heavy atom. The Kier molecular flexibility index (Phi) is 5.65. The van der Waals surface area contributed by atoms with Crippen LogP contribution in [0.4, 0.5) is 13.2 Å². The van der Waals surface area contributed by atoms with Crippen molar-refractivity contribution in [2.75, 3.05) is 0 Å². The van der Waals surface area contributed by atoms with Gasteiger partial charge < -0.3 is 5.11 Å². The van der Waals surface area contributed by atoms with Gasteiger partial charge in [-0.2, -0.15) is 13.2 Å². The highest BCUT2D eigenvalue weighted by molar-refractivity contribution is 5.42. The molecule has 0 amide bonds. The second-order valence-corrected chi connectivity index (χ2v) is 4.06. The van der Waals surface area contributed by atoms with Crippen molar-refractivity contribution in [1.29, 1.82) is 0 Å². The molecule has 0 heterocycles. The smallest absolute Gasteiger partial charge is 0.388 e. The lowest BCUT2D eigenvalue weighted by molar-refractivity contribution is -0.0810. The normalized spacial score (nSPS) is 13.6. The van der Waals surface area contributed by atoms with Crippen LogP contribution in [0.15, 0.2) is 42.0 Å². The fourth-order valence-electron chi connectivity index (χ4n) is 1.49. The summed E-state index contributed by atoms with van der Waals surface area (Å²) in [5.41, 5.74) is 0.317. The van der Waals surface area contributed by atoms with E-state index in [2.05, 4.69) is 11.8 Å². The lowest BCUT2D eigenvalue weighted by atomic mass is 10.0. The van der Waals surface area contributed by atoms with E-state index in [1.807, 2.05) is 0 Å². The van der Waals surface area contributed by atoms with Crippen LogP contribution >= 0.6 is 0 Å². The minimum atomic E-state index is -4.48. The highest BCUT2D eigenvalue weighted by Gasteiger charge is 2.26. The molecule has 1 atom stereocenters. The molecule has 19 heavy (non-hydrogen) atoms. The number of allylic oxidation sites excluding steroid dienone is 1. The molecule has 1 N–H and O–H groups in total. The molecule has 1 aromatic rings. The molecule has 0 saturated carbocycles. The highest BCUT2D eigenvalue weighted by atomic mass is 19.4. The first-order valence-electron chi connectivity index (χ1n) is 5.97. The fourth-order valence-corrected chi connectivity index (χ4v) is 1.49. The van der Waals surface area contributed by atoms with Gasteiger partial charge >= 0.3 is 6.18 Å². The number of benzene rings is 1. The van der Waals surface area contributed by atoms with Gasteiger partial charge in [-0.15, -0.1) is 0 Å². The summed E-state index contributed by atoms with van der Waals surface area (Å²) in [4.78, 5) is 0. The Labute approximate surface area is 110 Å². The van der Waals surface area contributed by atoms with Gasteiger partial charge in [-0.25, -0.2) is 0 Å². The summed E-state index contributed by atoms with van der Waals surface area (Å²) in [5, 5.41) is 9.68. The predicted octanol–water partition coefficient (Wildman–Crippen LogP) is 3.69. The minimum absolute atomic E-state index is 0.0727. The van der Waals surface area contributed by atoms with Gasteiger partial charge in [0.05, 0.1) is 6.10 Å². The Balaban J connectivity index is 2.99. The maximum atomic E-state index is 12.4. The number of alkyl halides is 3. The van der Waals surface area contributed by atoms with Crippen LogP contribution in [0.3, 0.4) is 0 Å². The van der Waals surface area contributed by atoms with E-state index < -0.39 is 12.3 Å². The molecule has 0 bridgehead atoms. The van der Waals surface area contributed by atoms with E-state index in [1.165, 1.54) is 0 Å². The summed E-state index contributed by atoms with van der Waals surface area (Å²) < 4.78 is 37.1. The van der Waals surface area contributed by atoms with Gasteiger partial charge in [0.2, 0.25) is 0 Å². The topological polar surface area (TPSA) is 20.2 Å². The first-order chi connectivity index (χ1) is 8.92. The Bertz CT molecular complexity index is 478. The molecule has 0 aliphatic rings. The molecule has 0 aromatic heterocycles. The van der Waals surface area contributed by atoms with E-state index in [0.29, 0.717) is 12.0 Å². The quantitative estimate of drug-likeness (QED) is 0.829. The number of rotatable bonds is 3. The number of aliphatic hydroxyl groups excluding tert-OH is 1. The minimum Gasteiger partial charge on any atom is -0.388 e. The number of aliphatic hydroxyl groups is 1. The number of hydrogen-bond acceptors (Lipinski definition) is 1. The largest absolute Gasteiger partial charge is 0.410 e. The van der Waals surface area contributed by atoms with Gasteiger partial charge in [0.1, 0.15) is 0 Å². The van der Waals surface area contributed by atoms with Crippen molar-refractivity contribution in [3.63, 3.8) is 0 Å². The Morgan fingerprint density at radius 1 is 1.32 bits per heavy atom. The van der Waals surface area contributed by atoms with Crippen molar-refractivity contribution in [2.45, 2.75) is 32.0 Å². The van der Waals surface area contributed by atoms with Crippen molar-refractivity contribution in [2.24, 2.45) is 0 Å². The molecule has 0 aliphatic heterocycles. The van der Waals surface area contributed by atoms with Crippen molar-refractivity contribution in [3.05, 3.63) is 47.5 Å². The molecule has 0 radical (unpaired) electrons. The van der Waals surface area contributed by atoms with Gasteiger partial charge in [0, 0.05) is 17.2 Å². The lowest BCUT2D eigenvalue weighted by Gasteiger charge is -2.10. The van der Waals surface area contributed by atoms with Crippen molar-refractivity contribution in [1.82, 2.24) is 0 Å². The van der Waals surface area contributed by atoms with E-state index >= 15 is 0 Å². The predicted molar refractivity (Wildman–Crippen MR) is 68.4 cm³/mol. The monoisotopic (exact) mass is 268 g/mol. The van der Waals surface area contributed by atoms with Crippen LogP contribution in [0.5, 0.6) is 0 Å². The molecular formula is C15H15F3O. The maximum Gasteiger partial charge on any atom is 0.410 e. The zero-order valence-corrected chi connectivity index (χ0v) is 10.5.